The lowest BCUT2D eigenvalue weighted by Gasteiger charge is -2.21. The second-order valence-electron chi connectivity index (χ2n) is 7.12. The second-order valence-corrected chi connectivity index (χ2v) is 8.10. The van der Waals surface area contributed by atoms with Crippen LogP contribution in [0.25, 0.3) is 16.1 Å². The number of hydrogen-bond acceptors (Lipinski definition) is 6. The molecule has 0 amide bonds. The molecule has 2 aromatic rings. The van der Waals surface area contributed by atoms with Gasteiger partial charge in [-0.2, -0.15) is 5.26 Å². The number of allylic oxidation sites excluding steroid dienone is 2. The van der Waals surface area contributed by atoms with Crippen LogP contribution in [-0.4, -0.2) is 27.5 Å². The van der Waals surface area contributed by atoms with Gasteiger partial charge in [-0.05, 0) is 50.3 Å². The zero-order valence-electron chi connectivity index (χ0n) is 15.3. The highest BCUT2D eigenvalue weighted by molar-refractivity contribution is 7.15. The molecule has 0 fully saturated rings. The summed E-state index contributed by atoms with van der Waals surface area (Å²) in [6.45, 7) is 3.95. The normalized spacial score (nSPS) is 21.6. The van der Waals surface area contributed by atoms with Crippen LogP contribution in [0.5, 0.6) is 0 Å². The molecule has 1 aromatic carbocycles. The van der Waals surface area contributed by atoms with Gasteiger partial charge in [0.25, 0.3) is 0 Å². The lowest BCUT2D eigenvalue weighted by Crippen LogP contribution is -2.21. The maximum Gasteiger partial charge on any atom is 0.148 e. The predicted molar refractivity (Wildman–Crippen MR) is 105 cm³/mol. The van der Waals surface area contributed by atoms with E-state index < -0.39 is 0 Å². The van der Waals surface area contributed by atoms with Crippen molar-refractivity contribution in [2.45, 2.75) is 51.4 Å². The number of hydrogen-bond donors (Lipinski definition) is 1. The molecular weight excluding hydrogens is 358 g/mol. The quantitative estimate of drug-likeness (QED) is 0.861. The molecule has 0 bridgehead atoms. The Balaban J connectivity index is 1.62. The summed E-state index contributed by atoms with van der Waals surface area (Å²) in [5, 5.41) is 30.0. The Morgan fingerprint density at radius 3 is 2.89 bits per heavy atom. The number of fused-ring (bicyclic) bond motifs is 1. The molecule has 1 N–H and O–H groups in total. The molecule has 4 rings (SSSR count). The number of ether oxygens (including phenoxy) is 1. The maximum atomic E-state index is 10.1. The Morgan fingerprint density at radius 1 is 1.30 bits per heavy atom. The molecule has 0 saturated heterocycles. The van der Waals surface area contributed by atoms with Crippen molar-refractivity contribution in [3.63, 3.8) is 0 Å². The van der Waals surface area contributed by atoms with Crippen molar-refractivity contribution in [3.05, 3.63) is 52.1 Å². The van der Waals surface area contributed by atoms with E-state index in [4.69, 9.17) is 4.74 Å². The molecular formula is C21H21N3O2S. The summed E-state index contributed by atoms with van der Waals surface area (Å²) in [7, 11) is 0. The monoisotopic (exact) mass is 379 g/mol. The molecule has 0 spiro atoms. The highest BCUT2D eigenvalue weighted by Crippen LogP contribution is 2.39. The Kier molecular flexibility index (Phi) is 4.92. The third-order valence-electron chi connectivity index (χ3n) is 4.92. The molecule has 0 aliphatic heterocycles. The molecule has 6 heteroatoms. The standard InChI is InChI=1S/C21H21N3O2S/c1-12(2)26-19-9-6-13(10-14(19)11-22)20-23-24-21(27-20)17-5-3-4-16-15(17)7-8-18(16)25/h3-6,10,12,18-19,25H,7-9H2,1-2H3/t18-,19?/m0/s1. The largest absolute Gasteiger partial charge is 0.388 e. The molecule has 1 heterocycles. The number of nitriles is 1. The van der Waals surface area contributed by atoms with E-state index in [-0.39, 0.29) is 18.3 Å². The topological polar surface area (TPSA) is 79.0 Å². The van der Waals surface area contributed by atoms with E-state index in [2.05, 4.69) is 22.3 Å². The third kappa shape index (κ3) is 3.46. The number of aliphatic hydroxyl groups excluding tert-OH is 1. The van der Waals surface area contributed by atoms with Gasteiger partial charge in [0.2, 0.25) is 0 Å². The van der Waals surface area contributed by atoms with E-state index in [1.165, 1.54) is 16.9 Å². The SMILES string of the molecule is CC(C)OC1CC=C(c2nnc(-c3cccc4c3CC[C@@H]4O)s2)C=C1C#N. The summed E-state index contributed by atoms with van der Waals surface area (Å²) in [5.74, 6) is 0. The summed E-state index contributed by atoms with van der Waals surface area (Å²) in [6.07, 6.45) is 5.71. The minimum atomic E-state index is -0.382. The molecule has 2 atom stereocenters. The maximum absolute atomic E-state index is 10.1. The number of rotatable bonds is 4. The van der Waals surface area contributed by atoms with Crippen LogP contribution >= 0.6 is 11.3 Å². The summed E-state index contributed by atoms with van der Waals surface area (Å²) in [4.78, 5) is 0. The van der Waals surface area contributed by atoms with E-state index >= 15 is 0 Å². The van der Waals surface area contributed by atoms with Gasteiger partial charge in [-0.25, -0.2) is 0 Å². The lowest BCUT2D eigenvalue weighted by atomic mass is 9.97. The zero-order chi connectivity index (χ0) is 19.0. The van der Waals surface area contributed by atoms with E-state index in [1.54, 1.807) is 0 Å². The first-order valence-electron chi connectivity index (χ1n) is 9.18. The van der Waals surface area contributed by atoms with Crippen LogP contribution in [0.3, 0.4) is 0 Å². The van der Waals surface area contributed by atoms with Gasteiger partial charge in [0, 0.05) is 11.1 Å². The van der Waals surface area contributed by atoms with Gasteiger partial charge in [0.15, 0.2) is 0 Å². The van der Waals surface area contributed by atoms with Crippen molar-refractivity contribution in [2.24, 2.45) is 0 Å². The van der Waals surface area contributed by atoms with E-state index in [9.17, 15) is 10.4 Å². The van der Waals surface area contributed by atoms with Crippen molar-refractivity contribution in [1.82, 2.24) is 10.2 Å². The first kappa shape index (κ1) is 18.1. The predicted octanol–water partition coefficient (Wildman–Crippen LogP) is 4.22. The number of aromatic nitrogens is 2. The smallest absolute Gasteiger partial charge is 0.148 e. The van der Waals surface area contributed by atoms with Crippen LogP contribution in [-0.2, 0) is 11.2 Å². The highest BCUT2D eigenvalue weighted by Gasteiger charge is 2.25. The summed E-state index contributed by atoms with van der Waals surface area (Å²) in [5.41, 5.74) is 4.77. The van der Waals surface area contributed by atoms with Crippen LogP contribution in [0.2, 0.25) is 0 Å². The van der Waals surface area contributed by atoms with Crippen LogP contribution in [0, 0.1) is 11.3 Å². The van der Waals surface area contributed by atoms with Crippen molar-refractivity contribution in [1.29, 1.82) is 5.26 Å². The van der Waals surface area contributed by atoms with Gasteiger partial charge in [-0.15, -0.1) is 10.2 Å². The minimum Gasteiger partial charge on any atom is -0.388 e. The highest BCUT2D eigenvalue weighted by atomic mass is 32.1. The van der Waals surface area contributed by atoms with E-state index in [0.29, 0.717) is 12.0 Å². The summed E-state index contributed by atoms with van der Waals surface area (Å²) >= 11 is 1.52. The Morgan fingerprint density at radius 2 is 2.11 bits per heavy atom. The molecule has 27 heavy (non-hydrogen) atoms. The van der Waals surface area contributed by atoms with Gasteiger partial charge in [0.05, 0.1) is 30.0 Å². The van der Waals surface area contributed by atoms with Gasteiger partial charge in [-0.3, -0.25) is 0 Å². The average Bonchev–Trinajstić information content (AvgIpc) is 3.29. The summed E-state index contributed by atoms with van der Waals surface area (Å²) < 4.78 is 5.82. The van der Waals surface area contributed by atoms with Crippen LogP contribution in [0.1, 0.15) is 48.9 Å². The Bertz CT molecular complexity index is 968. The number of benzene rings is 1. The van der Waals surface area contributed by atoms with Crippen molar-refractivity contribution < 1.29 is 9.84 Å². The van der Waals surface area contributed by atoms with E-state index in [0.717, 1.165) is 39.6 Å². The average molecular weight is 379 g/mol. The first-order valence-corrected chi connectivity index (χ1v) is 10.00. The summed E-state index contributed by atoms with van der Waals surface area (Å²) in [6, 6.07) is 8.25. The minimum absolute atomic E-state index is 0.0744. The molecule has 0 saturated carbocycles. The van der Waals surface area contributed by atoms with Crippen molar-refractivity contribution >= 4 is 16.9 Å². The molecule has 138 valence electrons. The lowest BCUT2D eigenvalue weighted by molar-refractivity contribution is 0.0327. The molecule has 1 unspecified atom stereocenters. The zero-order valence-corrected chi connectivity index (χ0v) is 16.2. The fraction of sp³-hybridized carbons (Fsp3) is 0.381. The van der Waals surface area contributed by atoms with Crippen LogP contribution in [0.15, 0.2) is 35.9 Å². The van der Waals surface area contributed by atoms with Gasteiger partial charge in [-0.1, -0.05) is 35.6 Å². The van der Waals surface area contributed by atoms with Crippen LogP contribution < -0.4 is 0 Å². The Labute approximate surface area is 162 Å². The third-order valence-corrected chi connectivity index (χ3v) is 5.92. The van der Waals surface area contributed by atoms with Crippen LogP contribution in [0.4, 0.5) is 0 Å². The number of nitrogens with zero attached hydrogens (tertiary/aromatic N) is 3. The fourth-order valence-corrected chi connectivity index (χ4v) is 4.58. The second kappa shape index (κ2) is 7.35. The number of aliphatic hydroxyl groups is 1. The van der Waals surface area contributed by atoms with Gasteiger partial charge >= 0.3 is 0 Å². The molecule has 0 radical (unpaired) electrons. The molecule has 2 aliphatic rings. The van der Waals surface area contributed by atoms with E-state index in [1.807, 2.05) is 38.1 Å². The first-order chi connectivity index (χ1) is 13.1. The van der Waals surface area contributed by atoms with Gasteiger partial charge < -0.3 is 9.84 Å². The molecule has 1 aromatic heterocycles. The van der Waals surface area contributed by atoms with Crippen molar-refractivity contribution in [3.8, 4) is 16.6 Å². The molecule has 5 nitrogen and oxygen atoms in total. The molecule has 2 aliphatic carbocycles. The Hall–Kier alpha value is -2.33. The van der Waals surface area contributed by atoms with Crippen molar-refractivity contribution in [2.75, 3.05) is 0 Å². The van der Waals surface area contributed by atoms with Gasteiger partial charge in [0.1, 0.15) is 10.0 Å². The fourth-order valence-electron chi connectivity index (χ4n) is 3.67.